The number of hydrogen-bond donors (Lipinski definition) is 4. The number of hydrogen-bond acceptors (Lipinski definition) is 5. The van der Waals surface area contributed by atoms with Crippen LogP contribution < -0.4 is 21.5 Å². The van der Waals surface area contributed by atoms with Crippen LogP contribution in [0.2, 0.25) is 0 Å². The van der Waals surface area contributed by atoms with Gasteiger partial charge in [-0.05, 0) is 13.8 Å². The number of carbonyl (C=O) groups excluding carboxylic acids is 2. The average Bonchev–Trinajstić information content (AvgIpc) is 2.09. The summed E-state index contributed by atoms with van der Waals surface area (Å²) in [4.78, 5) is 22.0. The minimum atomic E-state index is -3.38. The fourth-order valence-corrected chi connectivity index (χ4v) is 2.36. The largest absolute Gasteiger partial charge is 0.370 e. The lowest BCUT2D eigenvalue weighted by atomic mass is 10.1. The van der Waals surface area contributed by atoms with Gasteiger partial charge in [-0.25, -0.2) is 13.1 Å². The molecule has 2 amide bonds. The second-order valence-corrected chi connectivity index (χ2v) is 6.50. The lowest BCUT2D eigenvalue weighted by Crippen LogP contribution is -2.53. The van der Waals surface area contributed by atoms with Crippen molar-refractivity contribution in [2.75, 3.05) is 12.8 Å². The molecule has 0 aromatic rings. The number of rotatable bonds is 7. The van der Waals surface area contributed by atoms with Gasteiger partial charge >= 0.3 is 0 Å². The maximum absolute atomic E-state index is 11.5. The molecule has 18 heavy (non-hydrogen) atoms. The molecule has 0 aliphatic carbocycles. The Hall–Kier alpha value is -1.19. The van der Waals surface area contributed by atoms with Gasteiger partial charge in [0.15, 0.2) is 0 Å². The van der Waals surface area contributed by atoms with Crippen LogP contribution in [0, 0.1) is 0 Å². The highest BCUT2D eigenvalue weighted by molar-refractivity contribution is 7.88. The van der Waals surface area contributed by atoms with E-state index >= 15 is 0 Å². The number of nitrogens with one attached hydrogen (secondary N) is 2. The quantitative estimate of drug-likeness (QED) is 0.412. The lowest BCUT2D eigenvalue weighted by molar-refractivity contribution is -0.126. The van der Waals surface area contributed by atoms with Crippen molar-refractivity contribution in [2.45, 2.75) is 31.8 Å². The summed E-state index contributed by atoms with van der Waals surface area (Å²) in [5.41, 5.74) is 9.48. The highest BCUT2D eigenvalue weighted by atomic mass is 32.2. The Balaban J connectivity index is 4.31. The number of carbonyl (C=O) groups is 2. The van der Waals surface area contributed by atoms with Crippen LogP contribution in [-0.4, -0.2) is 44.6 Å². The van der Waals surface area contributed by atoms with Crippen molar-refractivity contribution in [3.8, 4) is 0 Å². The second-order valence-electron chi connectivity index (χ2n) is 4.75. The molecule has 6 N–H and O–H groups in total. The fraction of sp³-hybridized carbons (Fsp3) is 0.778. The van der Waals surface area contributed by atoms with Crippen molar-refractivity contribution >= 4 is 21.8 Å². The molecule has 0 aromatic heterocycles. The van der Waals surface area contributed by atoms with E-state index in [1.54, 1.807) is 13.8 Å². The summed E-state index contributed by atoms with van der Waals surface area (Å²) in [6.45, 7) is 3.26. The van der Waals surface area contributed by atoms with Crippen LogP contribution in [0.25, 0.3) is 0 Å². The van der Waals surface area contributed by atoms with Crippen LogP contribution >= 0.6 is 0 Å². The summed E-state index contributed by atoms with van der Waals surface area (Å²) in [5, 5.41) is 2.45. The monoisotopic (exact) mass is 280 g/mol. The number of nitrogens with two attached hydrogens (primary N) is 2. The van der Waals surface area contributed by atoms with Gasteiger partial charge in [0.2, 0.25) is 21.8 Å². The van der Waals surface area contributed by atoms with Crippen LogP contribution in [0.5, 0.6) is 0 Å². The minimum absolute atomic E-state index is 0.0470. The predicted octanol–water partition coefficient (Wildman–Crippen LogP) is -2.37. The summed E-state index contributed by atoms with van der Waals surface area (Å²) in [7, 11) is -3.38. The van der Waals surface area contributed by atoms with Crippen LogP contribution in [0.1, 0.15) is 20.3 Å². The Morgan fingerprint density at radius 2 is 1.83 bits per heavy atom. The maximum Gasteiger partial charge on any atom is 0.237 e. The van der Waals surface area contributed by atoms with Gasteiger partial charge in [-0.3, -0.25) is 9.59 Å². The fourth-order valence-electron chi connectivity index (χ4n) is 1.29. The molecule has 0 spiro atoms. The zero-order valence-corrected chi connectivity index (χ0v) is 11.5. The van der Waals surface area contributed by atoms with E-state index in [1.807, 2.05) is 0 Å². The Morgan fingerprint density at radius 1 is 1.33 bits per heavy atom. The topological polar surface area (TPSA) is 144 Å². The van der Waals surface area contributed by atoms with Gasteiger partial charge in [-0.1, -0.05) is 0 Å². The Kier molecular flexibility index (Phi) is 5.71. The van der Waals surface area contributed by atoms with Crippen LogP contribution in [-0.2, 0) is 19.6 Å². The maximum atomic E-state index is 11.5. The van der Waals surface area contributed by atoms with Crippen LogP contribution in [0.3, 0.4) is 0 Å². The van der Waals surface area contributed by atoms with Gasteiger partial charge < -0.3 is 16.8 Å². The summed E-state index contributed by atoms with van der Waals surface area (Å²) >= 11 is 0. The second kappa shape index (κ2) is 6.12. The van der Waals surface area contributed by atoms with E-state index < -0.39 is 33.4 Å². The normalized spacial score (nSPS) is 14.0. The third-order valence-electron chi connectivity index (χ3n) is 1.92. The SMILES string of the molecule is CC(C)(CNC(=O)C(N)CC(N)=O)NS(C)(=O)=O. The molecular formula is C9H20N4O4S. The van der Waals surface area contributed by atoms with Gasteiger partial charge in [0.05, 0.1) is 18.7 Å². The van der Waals surface area contributed by atoms with Crippen molar-refractivity contribution in [2.24, 2.45) is 11.5 Å². The molecule has 0 saturated heterocycles. The molecule has 0 heterocycles. The molecule has 0 saturated carbocycles. The van der Waals surface area contributed by atoms with Crippen molar-refractivity contribution in [3.63, 3.8) is 0 Å². The minimum Gasteiger partial charge on any atom is -0.370 e. The van der Waals surface area contributed by atoms with E-state index in [9.17, 15) is 18.0 Å². The van der Waals surface area contributed by atoms with E-state index in [1.165, 1.54) is 0 Å². The summed E-state index contributed by atoms with van der Waals surface area (Å²) in [6.07, 6.45) is 0.765. The molecule has 106 valence electrons. The molecule has 1 unspecified atom stereocenters. The summed E-state index contributed by atoms with van der Waals surface area (Å²) < 4.78 is 24.5. The Labute approximate surface area is 107 Å². The first-order valence-electron chi connectivity index (χ1n) is 5.23. The van der Waals surface area contributed by atoms with E-state index in [4.69, 9.17) is 11.5 Å². The molecular weight excluding hydrogens is 260 g/mol. The molecule has 1 atom stereocenters. The van der Waals surface area contributed by atoms with Gasteiger partial charge in [-0.2, -0.15) is 0 Å². The third kappa shape index (κ3) is 7.98. The average molecular weight is 280 g/mol. The molecule has 0 bridgehead atoms. The van der Waals surface area contributed by atoms with Gasteiger partial charge in [0, 0.05) is 12.1 Å². The highest BCUT2D eigenvalue weighted by Gasteiger charge is 2.24. The number of primary amides is 1. The highest BCUT2D eigenvalue weighted by Crippen LogP contribution is 2.02. The van der Waals surface area contributed by atoms with Crippen molar-refractivity contribution in [1.29, 1.82) is 0 Å². The molecule has 0 aliphatic heterocycles. The molecule has 0 radical (unpaired) electrons. The van der Waals surface area contributed by atoms with Crippen molar-refractivity contribution in [3.05, 3.63) is 0 Å². The molecule has 0 aromatic carbocycles. The summed E-state index contributed by atoms with van der Waals surface area (Å²) in [5.74, 6) is -1.23. The molecule has 0 rings (SSSR count). The van der Waals surface area contributed by atoms with E-state index in [2.05, 4.69) is 10.0 Å². The smallest absolute Gasteiger partial charge is 0.237 e. The Bertz CT molecular complexity index is 418. The standard InChI is InChI=1S/C9H20N4O4S/c1-9(2,13-18(3,16)17)5-12-8(15)6(10)4-7(11)14/h6,13H,4-5,10H2,1-3H3,(H2,11,14)(H,12,15). The van der Waals surface area contributed by atoms with Crippen LogP contribution in [0.15, 0.2) is 0 Å². The van der Waals surface area contributed by atoms with E-state index in [0.717, 1.165) is 6.26 Å². The molecule has 8 nitrogen and oxygen atoms in total. The summed E-state index contributed by atoms with van der Waals surface area (Å²) in [6, 6.07) is -1.03. The molecule has 0 aliphatic rings. The molecule has 9 heteroatoms. The molecule has 0 fully saturated rings. The zero-order valence-electron chi connectivity index (χ0n) is 10.7. The van der Waals surface area contributed by atoms with E-state index in [-0.39, 0.29) is 13.0 Å². The van der Waals surface area contributed by atoms with Crippen molar-refractivity contribution < 1.29 is 18.0 Å². The number of sulfonamides is 1. The zero-order chi connectivity index (χ0) is 14.6. The lowest BCUT2D eigenvalue weighted by Gasteiger charge is -2.25. The first kappa shape index (κ1) is 16.8. The Morgan fingerprint density at radius 3 is 2.22 bits per heavy atom. The first-order chi connectivity index (χ1) is 7.93. The first-order valence-corrected chi connectivity index (χ1v) is 7.12. The van der Waals surface area contributed by atoms with Crippen molar-refractivity contribution in [1.82, 2.24) is 10.0 Å². The third-order valence-corrected chi connectivity index (χ3v) is 2.85. The van der Waals surface area contributed by atoms with Gasteiger partial charge in [0.1, 0.15) is 0 Å². The van der Waals surface area contributed by atoms with Gasteiger partial charge in [0.25, 0.3) is 0 Å². The van der Waals surface area contributed by atoms with E-state index in [0.29, 0.717) is 0 Å². The van der Waals surface area contributed by atoms with Crippen LogP contribution in [0.4, 0.5) is 0 Å². The van der Waals surface area contributed by atoms with Gasteiger partial charge in [-0.15, -0.1) is 0 Å². The predicted molar refractivity (Wildman–Crippen MR) is 66.9 cm³/mol. The number of amides is 2.